The molecule has 0 aliphatic heterocycles. The summed E-state index contributed by atoms with van der Waals surface area (Å²) in [6.45, 7) is 1.72. The highest BCUT2D eigenvalue weighted by Gasteiger charge is 2.16. The predicted octanol–water partition coefficient (Wildman–Crippen LogP) is 2.60. The standard InChI is InChI=1S/C14H11N3O4/c1-8-6-13(17-20-8)15-14(19)10-7-12(21-16-10)9-4-2-3-5-11(9)18/h2-7,18H,1H3,(H,15,17,19). The van der Waals surface area contributed by atoms with E-state index in [2.05, 4.69) is 15.6 Å². The Kier molecular flexibility index (Phi) is 3.15. The van der Waals surface area contributed by atoms with E-state index in [1.54, 1.807) is 31.2 Å². The highest BCUT2D eigenvalue weighted by Crippen LogP contribution is 2.29. The largest absolute Gasteiger partial charge is 0.507 e. The number of aryl methyl sites for hydroxylation is 1. The van der Waals surface area contributed by atoms with E-state index in [4.69, 9.17) is 9.05 Å². The van der Waals surface area contributed by atoms with Crippen LogP contribution in [0.3, 0.4) is 0 Å². The van der Waals surface area contributed by atoms with Crippen molar-refractivity contribution in [2.45, 2.75) is 6.92 Å². The lowest BCUT2D eigenvalue weighted by atomic mass is 10.1. The summed E-state index contributed by atoms with van der Waals surface area (Å²) in [5.74, 6) is 0.751. The monoisotopic (exact) mass is 285 g/mol. The minimum Gasteiger partial charge on any atom is -0.507 e. The lowest BCUT2D eigenvalue weighted by molar-refractivity contribution is 0.101. The molecule has 21 heavy (non-hydrogen) atoms. The molecule has 0 bridgehead atoms. The molecule has 0 saturated carbocycles. The number of phenols is 1. The van der Waals surface area contributed by atoms with Crippen molar-refractivity contribution in [3.63, 3.8) is 0 Å². The van der Waals surface area contributed by atoms with Gasteiger partial charge in [-0.25, -0.2) is 0 Å². The van der Waals surface area contributed by atoms with Gasteiger partial charge < -0.3 is 19.5 Å². The molecule has 1 amide bonds. The van der Waals surface area contributed by atoms with Gasteiger partial charge in [-0.3, -0.25) is 4.79 Å². The first-order valence-corrected chi connectivity index (χ1v) is 6.13. The molecule has 0 fully saturated rings. The van der Waals surface area contributed by atoms with Crippen LogP contribution in [0.1, 0.15) is 16.2 Å². The summed E-state index contributed by atoms with van der Waals surface area (Å²) in [5, 5.41) is 19.6. The number of para-hydroxylation sites is 1. The highest BCUT2D eigenvalue weighted by molar-refractivity contribution is 6.02. The molecule has 3 rings (SSSR count). The fourth-order valence-corrected chi connectivity index (χ4v) is 1.80. The Morgan fingerprint density at radius 3 is 2.71 bits per heavy atom. The first-order valence-electron chi connectivity index (χ1n) is 6.13. The Balaban J connectivity index is 1.82. The molecule has 106 valence electrons. The second-order valence-corrected chi connectivity index (χ2v) is 4.37. The van der Waals surface area contributed by atoms with Crippen molar-refractivity contribution in [3.8, 4) is 17.1 Å². The van der Waals surface area contributed by atoms with Gasteiger partial charge in [0, 0.05) is 12.1 Å². The van der Waals surface area contributed by atoms with Crippen molar-refractivity contribution in [1.82, 2.24) is 10.3 Å². The zero-order valence-corrected chi connectivity index (χ0v) is 11.0. The van der Waals surface area contributed by atoms with E-state index < -0.39 is 5.91 Å². The van der Waals surface area contributed by atoms with Crippen LogP contribution in [0, 0.1) is 6.92 Å². The average Bonchev–Trinajstić information content (AvgIpc) is 3.09. The topological polar surface area (TPSA) is 101 Å². The zero-order valence-electron chi connectivity index (χ0n) is 11.0. The van der Waals surface area contributed by atoms with Gasteiger partial charge in [-0.1, -0.05) is 22.4 Å². The number of hydrogen-bond acceptors (Lipinski definition) is 6. The number of amides is 1. The molecule has 3 aromatic rings. The minimum absolute atomic E-state index is 0.0488. The number of carbonyl (C=O) groups excluding carboxylic acids is 1. The SMILES string of the molecule is Cc1cc(NC(=O)c2cc(-c3ccccc3O)on2)no1. The van der Waals surface area contributed by atoms with Gasteiger partial charge in [-0.2, -0.15) is 0 Å². The number of carbonyl (C=O) groups is 1. The van der Waals surface area contributed by atoms with Crippen LogP contribution in [-0.2, 0) is 0 Å². The third kappa shape index (κ3) is 2.62. The van der Waals surface area contributed by atoms with Crippen LogP contribution >= 0.6 is 0 Å². The number of aromatic hydroxyl groups is 1. The highest BCUT2D eigenvalue weighted by atomic mass is 16.5. The van der Waals surface area contributed by atoms with Crippen LogP contribution in [0.5, 0.6) is 5.75 Å². The number of nitrogens with one attached hydrogen (secondary N) is 1. The van der Waals surface area contributed by atoms with Gasteiger partial charge in [0.2, 0.25) is 0 Å². The van der Waals surface area contributed by atoms with Crippen LogP contribution in [0.15, 0.2) is 45.4 Å². The van der Waals surface area contributed by atoms with Gasteiger partial charge in [0.1, 0.15) is 11.5 Å². The molecule has 2 N–H and O–H groups in total. The molecule has 0 aliphatic rings. The van der Waals surface area contributed by atoms with Crippen LogP contribution in [0.4, 0.5) is 5.82 Å². The van der Waals surface area contributed by atoms with Gasteiger partial charge >= 0.3 is 0 Å². The first-order chi connectivity index (χ1) is 10.1. The van der Waals surface area contributed by atoms with Crippen molar-refractivity contribution in [2.24, 2.45) is 0 Å². The molecule has 0 atom stereocenters. The van der Waals surface area contributed by atoms with Crippen LogP contribution in [0.25, 0.3) is 11.3 Å². The summed E-state index contributed by atoms with van der Waals surface area (Å²) in [4.78, 5) is 12.0. The lowest BCUT2D eigenvalue weighted by Crippen LogP contribution is -2.12. The fraction of sp³-hybridized carbons (Fsp3) is 0.0714. The van der Waals surface area contributed by atoms with Gasteiger partial charge in [-0.05, 0) is 19.1 Å². The van der Waals surface area contributed by atoms with Crippen LogP contribution in [-0.4, -0.2) is 21.3 Å². The molecule has 0 spiro atoms. The molecular formula is C14H11N3O4. The van der Waals surface area contributed by atoms with E-state index in [0.717, 1.165) is 0 Å². The summed E-state index contributed by atoms with van der Waals surface area (Å²) in [6, 6.07) is 9.65. The summed E-state index contributed by atoms with van der Waals surface area (Å²) < 4.78 is 9.93. The summed E-state index contributed by atoms with van der Waals surface area (Å²) in [6.07, 6.45) is 0. The Morgan fingerprint density at radius 2 is 2.00 bits per heavy atom. The molecule has 2 aromatic heterocycles. The van der Waals surface area contributed by atoms with Crippen molar-refractivity contribution < 1.29 is 18.9 Å². The molecule has 0 unspecified atom stereocenters. The average molecular weight is 285 g/mol. The normalized spacial score (nSPS) is 10.5. The summed E-state index contributed by atoms with van der Waals surface area (Å²) in [5.41, 5.74) is 0.537. The molecule has 1 aromatic carbocycles. The molecule has 2 heterocycles. The first kappa shape index (κ1) is 12.9. The van der Waals surface area contributed by atoms with E-state index in [0.29, 0.717) is 22.9 Å². The quantitative estimate of drug-likeness (QED) is 0.767. The van der Waals surface area contributed by atoms with Gasteiger partial charge in [0.15, 0.2) is 17.3 Å². The lowest BCUT2D eigenvalue weighted by Gasteiger charge is -1.97. The third-order valence-electron chi connectivity index (χ3n) is 2.78. The smallest absolute Gasteiger partial charge is 0.279 e. The maximum atomic E-state index is 12.0. The van der Waals surface area contributed by atoms with E-state index in [-0.39, 0.29) is 11.4 Å². The molecule has 0 aliphatic carbocycles. The number of benzene rings is 1. The maximum Gasteiger partial charge on any atom is 0.279 e. The number of rotatable bonds is 3. The molecule has 0 radical (unpaired) electrons. The number of anilines is 1. The zero-order chi connectivity index (χ0) is 14.8. The van der Waals surface area contributed by atoms with E-state index in [9.17, 15) is 9.90 Å². The van der Waals surface area contributed by atoms with Crippen molar-refractivity contribution in [1.29, 1.82) is 0 Å². The van der Waals surface area contributed by atoms with E-state index >= 15 is 0 Å². The summed E-state index contributed by atoms with van der Waals surface area (Å²) in [7, 11) is 0. The van der Waals surface area contributed by atoms with E-state index in [1.807, 2.05) is 0 Å². The number of hydrogen-bond donors (Lipinski definition) is 2. The summed E-state index contributed by atoms with van der Waals surface area (Å²) >= 11 is 0. The molecule has 7 nitrogen and oxygen atoms in total. The fourth-order valence-electron chi connectivity index (χ4n) is 1.80. The van der Waals surface area contributed by atoms with Crippen LogP contribution in [0.2, 0.25) is 0 Å². The second-order valence-electron chi connectivity index (χ2n) is 4.37. The maximum absolute atomic E-state index is 12.0. The van der Waals surface area contributed by atoms with Gasteiger partial charge in [0.05, 0.1) is 5.56 Å². The second kappa shape index (κ2) is 5.12. The third-order valence-corrected chi connectivity index (χ3v) is 2.78. The van der Waals surface area contributed by atoms with Gasteiger partial charge in [-0.15, -0.1) is 0 Å². The predicted molar refractivity (Wildman–Crippen MR) is 72.8 cm³/mol. The Morgan fingerprint density at radius 1 is 1.19 bits per heavy atom. The van der Waals surface area contributed by atoms with Crippen LogP contribution < -0.4 is 5.32 Å². The molecule has 0 saturated heterocycles. The van der Waals surface area contributed by atoms with Crippen molar-refractivity contribution >= 4 is 11.7 Å². The number of aromatic nitrogens is 2. The van der Waals surface area contributed by atoms with Crippen molar-refractivity contribution in [2.75, 3.05) is 5.32 Å². The molecule has 7 heteroatoms. The number of nitrogens with zero attached hydrogens (tertiary/aromatic N) is 2. The Labute approximate surface area is 119 Å². The van der Waals surface area contributed by atoms with E-state index in [1.165, 1.54) is 12.1 Å². The Bertz CT molecular complexity index is 791. The molecular weight excluding hydrogens is 274 g/mol. The van der Waals surface area contributed by atoms with Gasteiger partial charge in [0.25, 0.3) is 5.91 Å². The number of phenolic OH excluding ortho intramolecular Hbond substituents is 1. The Hall–Kier alpha value is -3.09. The van der Waals surface area contributed by atoms with Crippen molar-refractivity contribution in [3.05, 3.63) is 47.9 Å². The minimum atomic E-state index is -0.478.